The fraction of sp³-hybridized carbons (Fsp3) is 0.417. The summed E-state index contributed by atoms with van der Waals surface area (Å²) < 4.78 is 10.9. The van der Waals surface area contributed by atoms with Crippen molar-refractivity contribution < 1.29 is 9.47 Å². The predicted octanol–water partition coefficient (Wildman–Crippen LogP) is 3.44. The molecule has 3 aromatic rings. The van der Waals surface area contributed by atoms with Gasteiger partial charge in [0.05, 0.1) is 31.7 Å². The quantitative estimate of drug-likeness (QED) is 0.540. The van der Waals surface area contributed by atoms with Gasteiger partial charge in [-0.15, -0.1) is 0 Å². The summed E-state index contributed by atoms with van der Waals surface area (Å²) >= 11 is 0. The van der Waals surface area contributed by atoms with Gasteiger partial charge in [0.1, 0.15) is 17.4 Å². The Balaban J connectivity index is 1.42. The minimum Gasteiger partial charge on any atom is -0.496 e. The van der Waals surface area contributed by atoms with Gasteiger partial charge < -0.3 is 19.7 Å². The lowest BCUT2D eigenvalue weighted by atomic mass is 10.1. The third-order valence-corrected chi connectivity index (χ3v) is 5.50. The third-order valence-electron chi connectivity index (χ3n) is 5.50. The van der Waals surface area contributed by atoms with E-state index < -0.39 is 0 Å². The molecule has 0 aliphatic carbocycles. The van der Waals surface area contributed by atoms with Crippen LogP contribution < -0.4 is 15.0 Å². The molecular weight excluding hydrogens is 404 g/mol. The van der Waals surface area contributed by atoms with E-state index in [9.17, 15) is 0 Å². The minimum absolute atomic E-state index is 0.710. The van der Waals surface area contributed by atoms with Gasteiger partial charge in [-0.3, -0.25) is 0 Å². The largest absolute Gasteiger partial charge is 0.496 e. The van der Waals surface area contributed by atoms with E-state index in [0.29, 0.717) is 19.0 Å². The molecule has 32 heavy (non-hydrogen) atoms. The normalized spacial score (nSPS) is 13.8. The molecule has 4 rings (SSSR count). The number of nitrogens with one attached hydrogen (secondary N) is 1. The van der Waals surface area contributed by atoms with Crippen LogP contribution >= 0.6 is 0 Å². The lowest BCUT2D eigenvalue weighted by Crippen LogP contribution is -2.37. The van der Waals surface area contributed by atoms with Gasteiger partial charge >= 0.3 is 0 Å². The van der Waals surface area contributed by atoms with Gasteiger partial charge in [0.2, 0.25) is 5.95 Å². The molecule has 0 saturated carbocycles. The second-order valence-corrected chi connectivity index (χ2v) is 7.80. The summed E-state index contributed by atoms with van der Waals surface area (Å²) in [4.78, 5) is 20.6. The lowest BCUT2D eigenvalue weighted by molar-refractivity contribution is 0.122. The molecule has 1 fully saturated rings. The average molecular weight is 435 g/mol. The molecule has 1 N–H and O–H groups in total. The number of aromatic nitrogens is 4. The number of ether oxygens (including phenoxy) is 2. The van der Waals surface area contributed by atoms with Crippen molar-refractivity contribution in [1.29, 1.82) is 0 Å². The van der Waals surface area contributed by atoms with E-state index in [2.05, 4.69) is 31.2 Å². The fourth-order valence-electron chi connectivity index (χ4n) is 3.82. The van der Waals surface area contributed by atoms with Crippen LogP contribution in [0.5, 0.6) is 5.75 Å². The second-order valence-electron chi connectivity index (χ2n) is 7.80. The summed E-state index contributed by atoms with van der Waals surface area (Å²) in [5.74, 6) is 3.20. The monoisotopic (exact) mass is 434 g/mol. The van der Waals surface area contributed by atoms with Crippen LogP contribution in [0.3, 0.4) is 0 Å². The molecule has 0 spiro atoms. The molecule has 3 heterocycles. The van der Waals surface area contributed by atoms with Crippen molar-refractivity contribution in [2.24, 2.45) is 0 Å². The first-order valence-electron chi connectivity index (χ1n) is 11.0. The number of methoxy groups -OCH3 is 1. The minimum atomic E-state index is 0.710. The number of hydrogen-bond donors (Lipinski definition) is 1. The van der Waals surface area contributed by atoms with Crippen LogP contribution in [0.2, 0.25) is 0 Å². The first-order chi connectivity index (χ1) is 15.6. The zero-order valence-electron chi connectivity index (χ0n) is 19.0. The summed E-state index contributed by atoms with van der Waals surface area (Å²) in [5.41, 5.74) is 3.87. The van der Waals surface area contributed by atoms with Crippen molar-refractivity contribution >= 4 is 11.8 Å². The molecule has 8 nitrogen and oxygen atoms in total. The number of morpholine rings is 1. The Morgan fingerprint density at radius 3 is 2.69 bits per heavy atom. The predicted molar refractivity (Wildman–Crippen MR) is 125 cm³/mol. The van der Waals surface area contributed by atoms with Gasteiger partial charge in [-0.2, -0.15) is 0 Å². The molecular formula is C24H30N6O2. The van der Waals surface area contributed by atoms with E-state index in [1.54, 1.807) is 7.11 Å². The summed E-state index contributed by atoms with van der Waals surface area (Å²) in [6.07, 6.45) is 3.76. The van der Waals surface area contributed by atoms with Gasteiger partial charge in [0.25, 0.3) is 0 Å². The standard InChI is InChI=1S/C24H30N6O2/c1-17-20(16-26-24(27-17)30-11-13-32-14-12-30)21-15-23(29-18(2)28-21)25-10-6-8-19-7-4-5-9-22(19)31-3/h4-5,7,9,15-16H,6,8,10-14H2,1-3H3,(H,25,28,29). The third kappa shape index (κ3) is 5.31. The van der Waals surface area contributed by atoms with E-state index in [0.717, 1.165) is 66.9 Å². The Labute approximate surface area is 189 Å². The summed E-state index contributed by atoms with van der Waals surface area (Å²) in [6.45, 7) is 7.76. The smallest absolute Gasteiger partial charge is 0.225 e. The summed E-state index contributed by atoms with van der Waals surface area (Å²) in [7, 11) is 1.71. The summed E-state index contributed by atoms with van der Waals surface area (Å²) in [6, 6.07) is 10.1. The van der Waals surface area contributed by atoms with E-state index >= 15 is 0 Å². The first-order valence-corrected chi connectivity index (χ1v) is 11.0. The SMILES string of the molecule is COc1ccccc1CCCNc1cc(-c2cnc(N3CCOCC3)nc2C)nc(C)n1. The Bertz CT molecular complexity index is 1050. The molecule has 0 amide bonds. The highest BCUT2D eigenvalue weighted by Gasteiger charge is 2.16. The molecule has 2 aromatic heterocycles. The second kappa shape index (κ2) is 10.4. The van der Waals surface area contributed by atoms with Gasteiger partial charge in [-0.25, -0.2) is 19.9 Å². The highest BCUT2D eigenvalue weighted by atomic mass is 16.5. The van der Waals surface area contributed by atoms with Crippen LogP contribution in [0.25, 0.3) is 11.3 Å². The molecule has 168 valence electrons. The van der Waals surface area contributed by atoms with Crippen LogP contribution in [-0.2, 0) is 11.2 Å². The average Bonchev–Trinajstić information content (AvgIpc) is 2.82. The zero-order valence-corrected chi connectivity index (χ0v) is 19.0. The van der Waals surface area contributed by atoms with Crippen molar-refractivity contribution in [1.82, 2.24) is 19.9 Å². The highest BCUT2D eigenvalue weighted by Crippen LogP contribution is 2.24. The van der Waals surface area contributed by atoms with Crippen molar-refractivity contribution in [3.8, 4) is 17.0 Å². The topological polar surface area (TPSA) is 85.3 Å². The number of hydrogen-bond acceptors (Lipinski definition) is 8. The van der Waals surface area contributed by atoms with Crippen molar-refractivity contribution in [2.75, 3.05) is 50.2 Å². The Hall–Kier alpha value is -3.26. The summed E-state index contributed by atoms with van der Waals surface area (Å²) in [5, 5.41) is 3.43. The molecule has 0 atom stereocenters. The van der Waals surface area contributed by atoms with Gasteiger partial charge in [-0.1, -0.05) is 18.2 Å². The Kier molecular flexibility index (Phi) is 7.11. The number of benzene rings is 1. The Morgan fingerprint density at radius 1 is 1.09 bits per heavy atom. The first kappa shape index (κ1) is 22.0. The van der Waals surface area contributed by atoms with Crippen molar-refractivity contribution in [2.45, 2.75) is 26.7 Å². The van der Waals surface area contributed by atoms with Gasteiger partial charge in [0.15, 0.2) is 0 Å². The number of para-hydroxylation sites is 1. The lowest BCUT2D eigenvalue weighted by Gasteiger charge is -2.27. The molecule has 1 aliphatic heterocycles. The molecule has 0 unspecified atom stereocenters. The van der Waals surface area contributed by atoms with Gasteiger partial charge in [-0.05, 0) is 38.3 Å². The van der Waals surface area contributed by atoms with Crippen LogP contribution in [0.4, 0.5) is 11.8 Å². The molecule has 0 radical (unpaired) electrons. The maximum atomic E-state index is 5.44. The molecule has 0 bridgehead atoms. The van der Waals surface area contributed by atoms with E-state index in [4.69, 9.17) is 14.5 Å². The van der Waals surface area contributed by atoms with Crippen molar-refractivity contribution in [3.05, 3.63) is 53.6 Å². The molecule has 8 heteroatoms. The maximum Gasteiger partial charge on any atom is 0.225 e. The molecule has 1 saturated heterocycles. The van der Waals surface area contributed by atoms with Gasteiger partial charge in [0, 0.05) is 37.5 Å². The molecule has 1 aromatic carbocycles. The van der Waals surface area contributed by atoms with Crippen LogP contribution in [0.1, 0.15) is 23.5 Å². The molecule has 1 aliphatic rings. The van der Waals surface area contributed by atoms with E-state index in [1.165, 1.54) is 5.56 Å². The van der Waals surface area contributed by atoms with Crippen molar-refractivity contribution in [3.63, 3.8) is 0 Å². The number of anilines is 2. The van der Waals surface area contributed by atoms with E-state index in [-0.39, 0.29) is 0 Å². The Morgan fingerprint density at radius 2 is 1.91 bits per heavy atom. The van der Waals surface area contributed by atoms with Crippen LogP contribution in [-0.4, -0.2) is 59.9 Å². The number of rotatable bonds is 8. The zero-order chi connectivity index (χ0) is 22.3. The number of aryl methyl sites for hydroxylation is 3. The van der Waals surface area contributed by atoms with Crippen LogP contribution in [0.15, 0.2) is 36.5 Å². The highest BCUT2D eigenvalue weighted by molar-refractivity contribution is 5.64. The van der Waals surface area contributed by atoms with Crippen LogP contribution in [0, 0.1) is 13.8 Å². The fourth-order valence-corrected chi connectivity index (χ4v) is 3.82. The number of nitrogens with zero attached hydrogens (tertiary/aromatic N) is 5. The van der Waals surface area contributed by atoms with E-state index in [1.807, 2.05) is 44.3 Å². The maximum absolute atomic E-state index is 5.44.